The number of hydrogen-bond donors (Lipinski definition) is 3. The van der Waals surface area contributed by atoms with E-state index in [1.54, 1.807) is 0 Å². The largest absolute Gasteiger partial charge is 0.399 e. The molecule has 1 aromatic carbocycles. The molecule has 0 aliphatic heterocycles. The summed E-state index contributed by atoms with van der Waals surface area (Å²) in [5, 5.41) is 0. The first-order chi connectivity index (χ1) is 6.77. The Morgan fingerprint density at radius 3 is 1.86 bits per heavy atom. The summed E-state index contributed by atoms with van der Waals surface area (Å²) in [6.45, 7) is 2.90. The van der Waals surface area contributed by atoms with Gasteiger partial charge in [-0.25, -0.2) is 0 Å². The van der Waals surface area contributed by atoms with Gasteiger partial charge in [0.15, 0.2) is 0 Å². The zero-order valence-electron chi connectivity index (χ0n) is 8.32. The lowest BCUT2D eigenvalue weighted by atomic mass is 10.2. The van der Waals surface area contributed by atoms with E-state index in [0.717, 1.165) is 24.5 Å². The lowest BCUT2D eigenvalue weighted by Gasteiger charge is -2.23. The van der Waals surface area contributed by atoms with Crippen LogP contribution in [0.2, 0.25) is 0 Å². The fraction of sp³-hybridized carbons (Fsp3) is 0.400. The Morgan fingerprint density at radius 1 is 0.929 bits per heavy atom. The van der Waals surface area contributed by atoms with Gasteiger partial charge in [-0.1, -0.05) is 0 Å². The molecular formula is C10H18N4. The SMILES string of the molecule is NCCN(CCN)c1ccc(N)cc1. The maximum absolute atomic E-state index is 5.61. The van der Waals surface area contributed by atoms with Crippen LogP contribution in [0.5, 0.6) is 0 Å². The molecule has 4 heteroatoms. The van der Waals surface area contributed by atoms with E-state index in [2.05, 4.69) is 4.90 Å². The second kappa shape index (κ2) is 5.47. The summed E-state index contributed by atoms with van der Waals surface area (Å²) >= 11 is 0. The van der Waals surface area contributed by atoms with Crippen LogP contribution in [0.25, 0.3) is 0 Å². The van der Waals surface area contributed by atoms with Crippen molar-refractivity contribution in [2.75, 3.05) is 36.8 Å². The molecule has 0 aliphatic rings. The van der Waals surface area contributed by atoms with Crippen molar-refractivity contribution in [3.05, 3.63) is 24.3 Å². The summed E-state index contributed by atoms with van der Waals surface area (Å²) in [6, 6.07) is 7.74. The molecule has 1 aromatic rings. The van der Waals surface area contributed by atoms with Crippen molar-refractivity contribution in [2.24, 2.45) is 11.5 Å². The number of nitrogen functional groups attached to an aromatic ring is 1. The van der Waals surface area contributed by atoms with Gasteiger partial charge < -0.3 is 22.1 Å². The molecule has 6 N–H and O–H groups in total. The van der Waals surface area contributed by atoms with E-state index in [-0.39, 0.29) is 0 Å². The molecule has 78 valence electrons. The van der Waals surface area contributed by atoms with Crippen molar-refractivity contribution >= 4 is 11.4 Å². The molecule has 0 amide bonds. The van der Waals surface area contributed by atoms with E-state index in [4.69, 9.17) is 17.2 Å². The Hall–Kier alpha value is -1.26. The summed E-state index contributed by atoms with van der Waals surface area (Å²) in [5.74, 6) is 0. The number of nitrogens with zero attached hydrogens (tertiary/aromatic N) is 1. The van der Waals surface area contributed by atoms with Crippen molar-refractivity contribution in [2.45, 2.75) is 0 Å². The number of hydrogen-bond acceptors (Lipinski definition) is 4. The number of nitrogens with two attached hydrogens (primary N) is 3. The fourth-order valence-electron chi connectivity index (χ4n) is 1.37. The normalized spacial score (nSPS) is 10.1. The number of anilines is 2. The minimum atomic E-state index is 0.629. The van der Waals surface area contributed by atoms with Gasteiger partial charge >= 0.3 is 0 Å². The van der Waals surface area contributed by atoms with Crippen molar-refractivity contribution in [1.82, 2.24) is 0 Å². The Kier molecular flexibility index (Phi) is 4.22. The molecule has 0 atom stereocenters. The van der Waals surface area contributed by atoms with Crippen LogP contribution in [0.4, 0.5) is 11.4 Å². The molecule has 14 heavy (non-hydrogen) atoms. The molecular weight excluding hydrogens is 176 g/mol. The van der Waals surface area contributed by atoms with Crippen LogP contribution < -0.4 is 22.1 Å². The average Bonchev–Trinajstić information content (AvgIpc) is 2.19. The Bertz CT molecular complexity index is 251. The predicted octanol–water partition coefficient (Wildman–Crippen LogP) is -0.00740. The average molecular weight is 194 g/mol. The van der Waals surface area contributed by atoms with Crippen molar-refractivity contribution in [3.63, 3.8) is 0 Å². The van der Waals surface area contributed by atoms with E-state index in [1.165, 1.54) is 0 Å². The third-order valence-electron chi connectivity index (χ3n) is 2.06. The second-order valence-electron chi connectivity index (χ2n) is 3.16. The van der Waals surface area contributed by atoms with Crippen molar-refractivity contribution in [1.29, 1.82) is 0 Å². The van der Waals surface area contributed by atoms with E-state index in [9.17, 15) is 0 Å². The lowest BCUT2D eigenvalue weighted by Crippen LogP contribution is -2.33. The molecule has 0 unspecified atom stereocenters. The van der Waals surface area contributed by atoms with E-state index in [1.807, 2.05) is 24.3 Å². The van der Waals surface area contributed by atoms with Crippen LogP contribution in [0.15, 0.2) is 24.3 Å². The van der Waals surface area contributed by atoms with Crippen LogP contribution in [0.1, 0.15) is 0 Å². The highest BCUT2D eigenvalue weighted by Gasteiger charge is 2.03. The van der Waals surface area contributed by atoms with Gasteiger partial charge in [0, 0.05) is 37.6 Å². The molecule has 0 radical (unpaired) electrons. The van der Waals surface area contributed by atoms with Crippen LogP contribution in [0.3, 0.4) is 0 Å². The molecule has 0 aliphatic carbocycles. The molecule has 0 heterocycles. The first-order valence-corrected chi connectivity index (χ1v) is 4.78. The van der Waals surface area contributed by atoms with Gasteiger partial charge in [-0.05, 0) is 24.3 Å². The molecule has 0 bridgehead atoms. The molecule has 0 spiro atoms. The fourth-order valence-corrected chi connectivity index (χ4v) is 1.37. The molecule has 1 rings (SSSR count). The summed E-state index contributed by atoms with van der Waals surface area (Å²) in [6.07, 6.45) is 0. The van der Waals surface area contributed by atoms with Gasteiger partial charge in [0.2, 0.25) is 0 Å². The smallest absolute Gasteiger partial charge is 0.0368 e. The number of rotatable bonds is 5. The second-order valence-corrected chi connectivity index (χ2v) is 3.16. The maximum atomic E-state index is 5.61. The highest BCUT2D eigenvalue weighted by atomic mass is 15.1. The van der Waals surface area contributed by atoms with E-state index in [0.29, 0.717) is 13.1 Å². The quantitative estimate of drug-likeness (QED) is 0.576. The van der Waals surface area contributed by atoms with Gasteiger partial charge in [-0.2, -0.15) is 0 Å². The summed E-state index contributed by atoms with van der Waals surface area (Å²) < 4.78 is 0. The molecule has 0 fully saturated rings. The zero-order chi connectivity index (χ0) is 10.4. The monoisotopic (exact) mass is 194 g/mol. The molecule has 0 saturated heterocycles. The van der Waals surface area contributed by atoms with Crippen LogP contribution in [-0.4, -0.2) is 26.2 Å². The highest BCUT2D eigenvalue weighted by Crippen LogP contribution is 2.15. The Balaban J connectivity index is 2.71. The summed E-state index contributed by atoms with van der Waals surface area (Å²) in [7, 11) is 0. The standard InChI is InChI=1S/C10H18N4/c11-5-7-14(8-6-12)10-3-1-9(13)2-4-10/h1-4H,5-8,11-13H2. The van der Waals surface area contributed by atoms with Gasteiger partial charge in [0.05, 0.1) is 0 Å². The van der Waals surface area contributed by atoms with Crippen molar-refractivity contribution < 1.29 is 0 Å². The van der Waals surface area contributed by atoms with Crippen LogP contribution in [-0.2, 0) is 0 Å². The van der Waals surface area contributed by atoms with Gasteiger partial charge in [-0.15, -0.1) is 0 Å². The third-order valence-corrected chi connectivity index (χ3v) is 2.06. The molecule has 0 saturated carbocycles. The Morgan fingerprint density at radius 2 is 1.43 bits per heavy atom. The lowest BCUT2D eigenvalue weighted by molar-refractivity contribution is 0.782. The van der Waals surface area contributed by atoms with Gasteiger partial charge in [-0.3, -0.25) is 0 Å². The first-order valence-electron chi connectivity index (χ1n) is 4.78. The van der Waals surface area contributed by atoms with E-state index < -0.39 is 0 Å². The van der Waals surface area contributed by atoms with Gasteiger partial charge in [0.1, 0.15) is 0 Å². The minimum Gasteiger partial charge on any atom is -0.399 e. The molecule has 4 nitrogen and oxygen atoms in total. The highest BCUT2D eigenvalue weighted by molar-refractivity contribution is 5.53. The predicted molar refractivity (Wildman–Crippen MR) is 61.2 cm³/mol. The zero-order valence-corrected chi connectivity index (χ0v) is 8.32. The van der Waals surface area contributed by atoms with E-state index >= 15 is 0 Å². The first kappa shape index (κ1) is 10.8. The Labute approximate surface area is 84.7 Å². The van der Waals surface area contributed by atoms with Crippen LogP contribution in [0, 0.1) is 0 Å². The minimum absolute atomic E-state index is 0.629. The molecule has 0 aromatic heterocycles. The van der Waals surface area contributed by atoms with Crippen molar-refractivity contribution in [3.8, 4) is 0 Å². The topological polar surface area (TPSA) is 81.3 Å². The maximum Gasteiger partial charge on any atom is 0.0368 e. The summed E-state index contributed by atoms with van der Waals surface area (Å²) in [4.78, 5) is 2.15. The third kappa shape index (κ3) is 2.90. The number of benzene rings is 1. The van der Waals surface area contributed by atoms with Gasteiger partial charge in [0.25, 0.3) is 0 Å². The van der Waals surface area contributed by atoms with Crippen LogP contribution >= 0.6 is 0 Å². The summed E-state index contributed by atoms with van der Waals surface area (Å²) in [5.41, 5.74) is 18.5.